The first kappa shape index (κ1) is 13.3. The van der Waals surface area contributed by atoms with Gasteiger partial charge in [0.1, 0.15) is 11.5 Å². The lowest BCUT2D eigenvalue weighted by atomic mass is 10.1. The monoisotopic (exact) mass is 270 g/mol. The van der Waals surface area contributed by atoms with Gasteiger partial charge in [-0.15, -0.1) is 0 Å². The van der Waals surface area contributed by atoms with E-state index in [9.17, 15) is 0 Å². The number of piperidine rings is 1. The molecule has 1 saturated heterocycles. The highest BCUT2D eigenvalue weighted by Gasteiger charge is 2.16. The first-order chi connectivity index (χ1) is 8.74. The fourth-order valence-corrected chi connectivity index (χ4v) is 2.39. The molecular formula is C13H19ClN2O2. The number of halogens is 1. The number of hydrogen-bond acceptors (Lipinski definition) is 4. The number of methoxy groups -OCH3 is 2. The van der Waals surface area contributed by atoms with E-state index in [1.807, 2.05) is 6.07 Å². The molecule has 0 unspecified atom stereocenters. The maximum atomic E-state index is 6.08. The van der Waals surface area contributed by atoms with Gasteiger partial charge in [-0.3, -0.25) is 0 Å². The Hall–Kier alpha value is -1.13. The second-order valence-electron chi connectivity index (χ2n) is 4.36. The minimum Gasteiger partial charge on any atom is -0.495 e. The number of nitrogens with one attached hydrogen (secondary N) is 2. The number of anilines is 1. The highest BCUT2D eigenvalue weighted by atomic mass is 35.5. The van der Waals surface area contributed by atoms with Crippen LogP contribution in [-0.4, -0.2) is 33.4 Å². The van der Waals surface area contributed by atoms with E-state index in [1.54, 1.807) is 20.3 Å². The van der Waals surface area contributed by atoms with E-state index in [0.29, 0.717) is 16.8 Å². The zero-order chi connectivity index (χ0) is 13.0. The van der Waals surface area contributed by atoms with Crippen LogP contribution in [-0.2, 0) is 0 Å². The summed E-state index contributed by atoms with van der Waals surface area (Å²) in [6.07, 6.45) is 2.21. The van der Waals surface area contributed by atoms with Crippen molar-refractivity contribution in [2.24, 2.45) is 0 Å². The summed E-state index contributed by atoms with van der Waals surface area (Å²) >= 11 is 6.08. The fraction of sp³-hybridized carbons (Fsp3) is 0.538. The quantitative estimate of drug-likeness (QED) is 0.882. The molecule has 0 bridgehead atoms. The van der Waals surface area contributed by atoms with Crippen LogP contribution in [0.15, 0.2) is 12.1 Å². The van der Waals surface area contributed by atoms with Crippen LogP contribution in [0.1, 0.15) is 12.8 Å². The molecule has 0 spiro atoms. The van der Waals surface area contributed by atoms with Gasteiger partial charge in [0.25, 0.3) is 0 Å². The van der Waals surface area contributed by atoms with Crippen molar-refractivity contribution in [3.8, 4) is 11.5 Å². The molecule has 18 heavy (non-hydrogen) atoms. The van der Waals surface area contributed by atoms with Gasteiger partial charge in [-0.25, -0.2) is 0 Å². The third-order valence-electron chi connectivity index (χ3n) is 3.17. The van der Waals surface area contributed by atoms with Gasteiger partial charge in [-0.1, -0.05) is 11.6 Å². The molecule has 1 aromatic carbocycles. The molecule has 1 aliphatic heterocycles. The molecule has 2 rings (SSSR count). The van der Waals surface area contributed by atoms with E-state index < -0.39 is 0 Å². The number of ether oxygens (including phenoxy) is 2. The summed E-state index contributed by atoms with van der Waals surface area (Å²) < 4.78 is 10.6. The average molecular weight is 271 g/mol. The van der Waals surface area contributed by atoms with Crippen LogP contribution in [0.5, 0.6) is 11.5 Å². The zero-order valence-electron chi connectivity index (χ0n) is 10.8. The van der Waals surface area contributed by atoms with Crippen molar-refractivity contribution in [1.29, 1.82) is 0 Å². The lowest BCUT2D eigenvalue weighted by Crippen LogP contribution is -2.35. The van der Waals surface area contributed by atoms with Gasteiger partial charge in [-0.2, -0.15) is 0 Å². The summed E-state index contributed by atoms with van der Waals surface area (Å²) in [6.45, 7) is 2.09. The highest BCUT2D eigenvalue weighted by Crippen LogP contribution is 2.36. The van der Waals surface area contributed by atoms with Crippen LogP contribution in [0, 0.1) is 0 Å². The molecular weight excluding hydrogens is 252 g/mol. The smallest absolute Gasteiger partial charge is 0.143 e. The summed E-state index contributed by atoms with van der Waals surface area (Å²) in [7, 11) is 3.26. The third kappa shape index (κ3) is 3.00. The molecule has 0 aromatic heterocycles. The van der Waals surface area contributed by atoms with Gasteiger partial charge >= 0.3 is 0 Å². The van der Waals surface area contributed by atoms with Crippen LogP contribution < -0.4 is 20.1 Å². The van der Waals surface area contributed by atoms with Crippen LogP contribution in [0.25, 0.3) is 0 Å². The third-order valence-corrected chi connectivity index (χ3v) is 3.47. The minimum absolute atomic E-state index is 0.464. The Morgan fingerprint density at radius 2 is 1.83 bits per heavy atom. The van der Waals surface area contributed by atoms with E-state index in [4.69, 9.17) is 21.1 Å². The molecule has 4 nitrogen and oxygen atoms in total. The lowest BCUT2D eigenvalue weighted by Gasteiger charge is -2.25. The molecule has 5 heteroatoms. The topological polar surface area (TPSA) is 42.5 Å². The van der Waals surface area contributed by atoms with Gasteiger partial charge in [0.05, 0.1) is 24.9 Å². The standard InChI is InChI=1S/C13H19ClN2O2/c1-17-12-8-11(13(18-2)7-10(12)14)16-9-3-5-15-6-4-9/h7-9,15-16H,3-6H2,1-2H3. The van der Waals surface area contributed by atoms with Crippen LogP contribution in [0.4, 0.5) is 5.69 Å². The Morgan fingerprint density at radius 3 is 2.44 bits per heavy atom. The summed E-state index contributed by atoms with van der Waals surface area (Å²) in [5.41, 5.74) is 0.936. The van der Waals surface area contributed by atoms with Crippen molar-refractivity contribution in [3.05, 3.63) is 17.2 Å². The molecule has 1 aliphatic rings. The van der Waals surface area contributed by atoms with Crippen molar-refractivity contribution >= 4 is 17.3 Å². The van der Waals surface area contributed by atoms with Crippen molar-refractivity contribution in [3.63, 3.8) is 0 Å². The van der Waals surface area contributed by atoms with Crippen LogP contribution in [0.2, 0.25) is 5.02 Å². The predicted molar refractivity (Wildman–Crippen MR) is 74.1 cm³/mol. The van der Waals surface area contributed by atoms with E-state index in [0.717, 1.165) is 37.4 Å². The van der Waals surface area contributed by atoms with E-state index in [2.05, 4.69) is 10.6 Å². The highest BCUT2D eigenvalue weighted by molar-refractivity contribution is 6.32. The predicted octanol–water partition coefficient (Wildman–Crippen LogP) is 2.52. The summed E-state index contributed by atoms with van der Waals surface area (Å²) in [5, 5.41) is 7.40. The molecule has 0 radical (unpaired) electrons. The number of benzene rings is 1. The van der Waals surface area contributed by atoms with Crippen molar-refractivity contribution < 1.29 is 9.47 Å². The molecule has 0 aliphatic carbocycles. The Balaban J connectivity index is 2.18. The SMILES string of the molecule is COc1cc(NC2CCNCC2)c(OC)cc1Cl. The molecule has 0 saturated carbocycles. The number of rotatable bonds is 4. The lowest BCUT2D eigenvalue weighted by molar-refractivity contribution is 0.403. The second kappa shape index (κ2) is 6.16. The second-order valence-corrected chi connectivity index (χ2v) is 4.76. The van der Waals surface area contributed by atoms with Crippen molar-refractivity contribution in [1.82, 2.24) is 5.32 Å². The summed E-state index contributed by atoms with van der Waals surface area (Å²) in [6, 6.07) is 4.14. The molecule has 1 fully saturated rings. The Bertz CT molecular complexity index is 406. The maximum Gasteiger partial charge on any atom is 0.143 e. The van der Waals surface area contributed by atoms with Gasteiger partial charge in [0, 0.05) is 18.2 Å². The Kier molecular flexibility index (Phi) is 4.55. The Morgan fingerprint density at radius 1 is 1.17 bits per heavy atom. The van der Waals surface area contributed by atoms with Crippen LogP contribution >= 0.6 is 11.6 Å². The molecule has 100 valence electrons. The van der Waals surface area contributed by atoms with Crippen molar-refractivity contribution in [2.75, 3.05) is 32.6 Å². The first-order valence-electron chi connectivity index (χ1n) is 6.13. The summed E-state index contributed by atoms with van der Waals surface area (Å²) in [4.78, 5) is 0. The minimum atomic E-state index is 0.464. The molecule has 0 amide bonds. The fourth-order valence-electron chi connectivity index (χ4n) is 2.16. The van der Waals surface area contributed by atoms with Crippen LogP contribution in [0.3, 0.4) is 0 Å². The van der Waals surface area contributed by atoms with Crippen molar-refractivity contribution in [2.45, 2.75) is 18.9 Å². The largest absolute Gasteiger partial charge is 0.495 e. The van der Waals surface area contributed by atoms with Gasteiger partial charge in [-0.05, 0) is 25.9 Å². The molecule has 1 aromatic rings. The average Bonchev–Trinajstić information content (AvgIpc) is 2.41. The van der Waals surface area contributed by atoms with E-state index in [1.165, 1.54) is 0 Å². The zero-order valence-corrected chi connectivity index (χ0v) is 11.5. The van der Waals surface area contributed by atoms with E-state index >= 15 is 0 Å². The van der Waals surface area contributed by atoms with Gasteiger partial charge in [0.15, 0.2) is 0 Å². The molecule has 1 heterocycles. The first-order valence-corrected chi connectivity index (χ1v) is 6.51. The molecule has 2 N–H and O–H groups in total. The maximum absolute atomic E-state index is 6.08. The van der Waals surface area contributed by atoms with Gasteiger partial charge < -0.3 is 20.1 Å². The molecule has 0 atom stereocenters. The number of hydrogen-bond donors (Lipinski definition) is 2. The normalized spacial score (nSPS) is 16.4. The summed E-state index contributed by atoms with van der Waals surface area (Å²) in [5.74, 6) is 1.41. The Labute approximate surface area is 113 Å². The van der Waals surface area contributed by atoms with Gasteiger partial charge in [0.2, 0.25) is 0 Å². The van der Waals surface area contributed by atoms with E-state index in [-0.39, 0.29) is 0 Å².